The van der Waals surface area contributed by atoms with Crippen molar-refractivity contribution in [3.05, 3.63) is 58.7 Å². The van der Waals surface area contributed by atoms with Gasteiger partial charge in [-0.25, -0.2) is 0 Å². The lowest BCUT2D eigenvalue weighted by molar-refractivity contribution is -0.107. The predicted octanol–water partition coefficient (Wildman–Crippen LogP) is 5.23. The first-order valence-electron chi connectivity index (χ1n) is 9.39. The van der Waals surface area contributed by atoms with Gasteiger partial charge in [-0.2, -0.15) is 0 Å². The molecule has 0 N–H and O–H groups in total. The standard InChI is InChI=1S/C23H28O3/c1-16(2)21-19(11-8-12-24)22-18(14-23(3,4)26-22)13-20(21)25-15-17-9-6-5-7-10-17/h5-7,9-10,12-13,16H,8,11,14-15H2,1-4H3. The minimum Gasteiger partial charge on any atom is -0.489 e. The highest BCUT2D eigenvalue weighted by atomic mass is 16.5. The quantitative estimate of drug-likeness (QED) is 0.640. The Bertz CT molecular complexity index is 776. The predicted molar refractivity (Wildman–Crippen MR) is 104 cm³/mol. The maximum absolute atomic E-state index is 11.0. The lowest BCUT2D eigenvalue weighted by Gasteiger charge is -2.22. The highest BCUT2D eigenvalue weighted by molar-refractivity contribution is 5.59. The van der Waals surface area contributed by atoms with Crippen LogP contribution >= 0.6 is 0 Å². The lowest BCUT2D eigenvalue weighted by atomic mass is 9.89. The van der Waals surface area contributed by atoms with Crippen LogP contribution in [0.15, 0.2) is 36.4 Å². The van der Waals surface area contributed by atoms with Gasteiger partial charge in [0.15, 0.2) is 0 Å². The average Bonchev–Trinajstić information content (AvgIpc) is 2.91. The van der Waals surface area contributed by atoms with E-state index in [0.717, 1.165) is 35.3 Å². The molecule has 1 aliphatic heterocycles. The number of rotatable bonds is 7. The zero-order valence-electron chi connectivity index (χ0n) is 16.2. The summed E-state index contributed by atoms with van der Waals surface area (Å²) in [5.41, 5.74) is 4.42. The molecule has 0 spiro atoms. The van der Waals surface area contributed by atoms with Crippen LogP contribution in [0.25, 0.3) is 0 Å². The van der Waals surface area contributed by atoms with Crippen LogP contribution in [0, 0.1) is 0 Å². The SMILES string of the molecule is CC(C)c1c(OCc2ccccc2)cc2c(c1CCC=O)OC(C)(C)C2. The van der Waals surface area contributed by atoms with Crippen molar-refractivity contribution in [3.63, 3.8) is 0 Å². The fourth-order valence-corrected chi connectivity index (χ4v) is 3.74. The molecule has 0 fully saturated rings. The maximum atomic E-state index is 11.0. The summed E-state index contributed by atoms with van der Waals surface area (Å²) in [6.07, 6.45) is 3.03. The molecule has 1 heterocycles. The molecular weight excluding hydrogens is 324 g/mol. The van der Waals surface area contributed by atoms with Gasteiger partial charge in [0.25, 0.3) is 0 Å². The minimum atomic E-state index is -0.218. The van der Waals surface area contributed by atoms with Gasteiger partial charge < -0.3 is 14.3 Å². The molecule has 0 amide bonds. The topological polar surface area (TPSA) is 35.5 Å². The normalized spacial score (nSPS) is 14.8. The molecule has 0 saturated carbocycles. The van der Waals surface area contributed by atoms with Crippen molar-refractivity contribution < 1.29 is 14.3 Å². The van der Waals surface area contributed by atoms with Crippen molar-refractivity contribution in [1.82, 2.24) is 0 Å². The summed E-state index contributed by atoms with van der Waals surface area (Å²) in [6.45, 7) is 9.09. The van der Waals surface area contributed by atoms with Crippen molar-refractivity contribution in [3.8, 4) is 11.5 Å². The first-order chi connectivity index (χ1) is 12.4. The fourth-order valence-electron chi connectivity index (χ4n) is 3.74. The first kappa shape index (κ1) is 18.5. The number of aldehydes is 1. The summed E-state index contributed by atoms with van der Waals surface area (Å²) < 4.78 is 12.5. The van der Waals surface area contributed by atoms with E-state index < -0.39 is 0 Å². The molecule has 2 aromatic rings. The van der Waals surface area contributed by atoms with Crippen LogP contribution < -0.4 is 9.47 Å². The third kappa shape index (κ3) is 3.92. The Balaban J connectivity index is 2.01. The second-order valence-corrected chi connectivity index (χ2v) is 7.93. The van der Waals surface area contributed by atoms with Crippen LogP contribution in [0.3, 0.4) is 0 Å². The van der Waals surface area contributed by atoms with E-state index >= 15 is 0 Å². The average molecular weight is 352 g/mol. The second kappa shape index (κ2) is 7.53. The molecule has 3 nitrogen and oxygen atoms in total. The van der Waals surface area contributed by atoms with Gasteiger partial charge in [-0.15, -0.1) is 0 Å². The Morgan fingerprint density at radius 1 is 1.23 bits per heavy atom. The van der Waals surface area contributed by atoms with E-state index in [2.05, 4.69) is 45.9 Å². The molecule has 0 atom stereocenters. The number of carbonyl (C=O) groups is 1. The van der Waals surface area contributed by atoms with Gasteiger partial charge >= 0.3 is 0 Å². The molecule has 3 heteroatoms. The van der Waals surface area contributed by atoms with E-state index in [1.807, 2.05) is 18.2 Å². The fraction of sp³-hybridized carbons (Fsp3) is 0.435. The molecule has 0 aliphatic carbocycles. The summed E-state index contributed by atoms with van der Waals surface area (Å²) in [4.78, 5) is 11.0. The molecule has 1 aliphatic rings. The Hall–Kier alpha value is -2.29. The number of fused-ring (bicyclic) bond motifs is 1. The van der Waals surface area contributed by atoms with E-state index in [-0.39, 0.29) is 5.60 Å². The van der Waals surface area contributed by atoms with Gasteiger partial charge in [0.2, 0.25) is 0 Å². The summed E-state index contributed by atoms with van der Waals surface area (Å²) in [7, 11) is 0. The van der Waals surface area contributed by atoms with Crippen molar-refractivity contribution >= 4 is 6.29 Å². The van der Waals surface area contributed by atoms with Crippen LogP contribution in [-0.4, -0.2) is 11.9 Å². The number of ether oxygens (including phenoxy) is 2. The number of carbonyl (C=O) groups excluding carboxylic acids is 1. The molecular formula is C23H28O3. The zero-order chi connectivity index (χ0) is 18.7. The Labute approximate surface area is 156 Å². The molecule has 0 aromatic heterocycles. The van der Waals surface area contributed by atoms with E-state index in [4.69, 9.17) is 9.47 Å². The van der Waals surface area contributed by atoms with Crippen molar-refractivity contribution in [2.75, 3.05) is 0 Å². The third-order valence-electron chi connectivity index (χ3n) is 4.78. The number of hydrogen-bond acceptors (Lipinski definition) is 3. The van der Waals surface area contributed by atoms with Crippen LogP contribution in [-0.2, 0) is 24.2 Å². The Kier molecular flexibility index (Phi) is 5.36. The largest absolute Gasteiger partial charge is 0.489 e. The van der Waals surface area contributed by atoms with Crippen LogP contribution in [0.4, 0.5) is 0 Å². The van der Waals surface area contributed by atoms with Crippen molar-refractivity contribution in [2.24, 2.45) is 0 Å². The smallest absolute Gasteiger partial charge is 0.127 e. The van der Waals surface area contributed by atoms with Gasteiger partial charge in [-0.05, 0) is 37.8 Å². The molecule has 2 aromatic carbocycles. The summed E-state index contributed by atoms with van der Waals surface area (Å²) in [5.74, 6) is 2.18. The highest BCUT2D eigenvalue weighted by Crippen LogP contribution is 2.45. The van der Waals surface area contributed by atoms with E-state index in [9.17, 15) is 4.79 Å². The molecule has 138 valence electrons. The third-order valence-corrected chi connectivity index (χ3v) is 4.78. The summed E-state index contributed by atoms with van der Waals surface area (Å²) >= 11 is 0. The maximum Gasteiger partial charge on any atom is 0.127 e. The number of hydrogen-bond donors (Lipinski definition) is 0. The van der Waals surface area contributed by atoms with Crippen LogP contribution in [0.5, 0.6) is 11.5 Å². The number of benzene rings is 2. The second-order valence-electron chi connectivity index (χ2n) is 7.93. The van der Waals surface area contributed by atoms with Gasteiger partial charge in [0.1, 0.15) is 30.0 Å². The molecule has 26 heavy (non-hydrogen) atoms. The Morgan fingerprint density at radius 3 is 2.62 bits per heavy atom. The van der Waals surface area contributed by atoms with Crippen LogP contribution in [0.1, 0.15) is 62.3 Å². The monoisotopic (exact) mass is 352 g/mol. The van der Waals surface area contributed by atoms with Crippen molar-refractivity contribution in [2.45, 2.75) is 65.1 Å². The van der Waals surface area contributed by atoms with E-state index in [0.29, 0.717) is 25.4 Å². The molecule has 0 unspecified atom stereocenters. The summed E-state index contributed by atoms with van der Waals surface area (Å²) in [6, 6.07) is 12.3. The van der Waals surface area contributed by atoms with Gasteiger partial charge in [0.05, 0.1) is 0 Å². The van der Waals surface area contributed by atoms with E-state index in [1.54, 1.807) is 0 Å². The Morgan fingerprint density at radius 2 is 1.96 bits per heavy atom. The molecule has 0 bridgehead atoms. The van der Waals surface area contributed by atoms with Gasteiger partial charge in [0, 0.05) is 29.5 Å². The van der Waals surface area contributed by atoms with Gasteiger partial charge in [-0.3, -0.25) is 0 Å². The lowest BCUT2D eigenvalue weighted by Crippen LogP contribution is -2.25. The zero-order valence-corrected chi connectivity index (χ0v) is 16.2. The highest BCUT2D eigenvalue weighted by Gasteiger charge is 2.34. The first-order valence-corrected chi connectivity index (χ1v) is 9.39. The molecule has 3 rings (SSSR count). The van der Waals surface area contributed by atoms with Gasteiger partial charge in [-0.1, -0.05) is 44.2 Å². The molecule has 0 radical (unpaired) electrons. The minimum absolute atomic E-state index is 0.218. The van der Waals surface area contributed by atoms with Crippen LogP contribution in [0.2, 0.25) is 0 Å². The molecule has 0 saturated heterocycles. The van der Waals surface area contributed by atoms with Crippen molar-refractivity contribution in [1.29, 1.82) is 0 Å². The van der Waals surface area contributed by atoms with E-state index in [1.165, 1.54) is 11.1 Å². The summed E-state index contributed by atoms with van der Waals surface area (Å²) in [5, 5.41) is 0.